The highest BCUT2D eigenvalue weighted by atomic mass is 16.5. The molecule has 0 aliphatic carbocycles. The van der Waals surface area contributed by atoms with Gasteiger partial charge in [-0.25, -0.2) is 0 Å². The Morgan fingerprint density at radius 2 is 2.14 bits per heavy atom. The van der Waals surface area contributed by atoms with Gasteiger partial charge in [-0.05, 0) is 12.8 Å². The van der Waals surface area contributed by atoms with Crippen LogP contribution in [0.25, 0.3) is 0 Å². The summed E-state index contributed by atoms with van der Waals surface area (Å²) < 4.78 is 5.30. The predicted octanol–water partition coefficient (Wildman–Crippen LogP) is 0.669. The number of amidine groups is 1. The molecule has 0 spiro atoms. The molecule has 1 saturated heterocycles. The molecule has 0 saturated carbocycles. The Hall–Kier alpha value is -0.610. The summed E-state index contributed by atoms with van der Waals surface area (Å²) in [6.45, 7) is 5.04. The number of nitrogens with two attached hydrogens (primary N) is 1. The van der Waals surface area contributed by atoms with Crippen molar-refractivity contribution in [1.29, 1.82) is 5.41 Å². The van der Waals surface area contributed by atoms with E-state index >= 15 is 0 Å². The normalized spacial score (nSPS) is 22.1. The molecule has 1 atom stereocenters. The van der Waals surface area contributed by atoms with Gasteiger partial charge in [0.15, 0.2) is 0 Å². The maximum Gasteiger partial charge on any atom is 0.0947 e. The number of hydrogen-bond donors (Lipinski definition) is 2. The summed E-state index contributed by atoms with van der Waals surface area (Å²) in [7, 11) is 1.78. The molecule has 82 valence electrons. The second-order valence-corrected chi connectivity index (χ2v) is 4.09. The molecule has 1 aliphatic heterocycles. The number of nitrogens with one attached hydrogen (secondary N) is 1. The Kier molecular flexibility index (Phi) is 4.35. The van der Waals surface area contributed by atoms with Crippen LogP contribution in [0.15, 0.2) is 0 Å². The van der Waals surface area contributed by atoms with Gasteiger partial charge < -0.3 is 15.4 Å². The first-order chi connectivity index (χ1) is 6.63. The summed E-state index contributed by atoms with van der Waals surface area (Å²) in [5, 5.41) is 7.32. The second kappa shape index (κ2) is 5.32. The van der Waals surface area contributed by atoms with Crippen molar-refractivity contribution in [3.05, 3.63) is 0 Å². The quantitative estimate of drug-likeness (QED) is 0.516. The van der Waals surface area contributed by atoms with Gasteiger partial charge in [-0.2, -0.15) is 0 Å². The molecule has 0 bridgehead atoms. The molecule has 4 nitrogen and oxygen atoms in total. The lowest BCUT2D eigenvalue weighted by Crippen LogP contribution is -2.41. The lowest BCUT2D eigenvalue weighted by atomic mass is 10.1. The summed E-state index contributed by atoms with van der Waals surface area (Å²) in [5.74, 6) is 0.466. The van der Waals surface area contributed by atoms with Crippen LogP contribution < -0.4 is 5.73 Å². The van der Waals surface area contributed by atoms with Gasteiger partial charge in [-0.15, -0.1) is 0 Å². The van der Waals surface area contributed by atoms with Crippen molar-refractivity contribution in [2.75, 3.05) is 26.7 Å². The van der Waals surface area contributed by atoms with Crippen molar-refractivity contribution in [3.8, 4) is 0 Å². The summed E-state index contributed by atoms with van der Waals surface area (Å²) in [5.41, 5.74) is 5.44. The van der Waals surface area contributed by atoms with Gasteiger partial charge in [0.05, 0.1) is 11.9 Å². The summed E-state index contributed by atoms with van der Waals surface area (Å²) >= 11 is 0. The topological polar surface area (TPSA) is 62.3 Å². The van der Waals surface area contributed by atoms with E-state index in [9.17, 15) is 0 Å². The Balaban J connectivity index is 2.25. The number of likely N-dealkylation sites (tertiary alicyclic amines) is 1. The van der Waals surface area contributed by atoms with E-state index in [2.05, 4.69) is 4.90 Å². The lowest BCUT2D eigenvalue weighted by Gasteiger charge is -2.32. The monoisotopic (exact) mass is 199 g/mol. The van der Waals surface area contributed by atoms with E-state index < -0.39 is 0 Å². The average Bonchev–Trinajstić information content (AvgIpc) is 2.19. The molecule has 14 heavy (non-hydrogen) atoms. The van der Waals surface area contributed by atoms with Crippen molar-refractivity contribution in [3.63, 3.8) is 0 Å². The average molecular weight is 199 g/mol. The number of nitrogens with zero attached hydrogens (tertiary/aromatic N) is 1. The van der Waals surface area contributed by atoms with Gasteiger partial charge in [0, 0.05) is 32.7 Å². The van der Waals surface area contributed by atoms with Crippen LogP contribution in [0.1, 0.15) is 19.8 Å². The first-order valence-corrected chi connectivity index (χ1v) is 5.22. The minimum absolute atomic E-state index is 0.175. The third kappa shape index (κ3) is 3.27. The fourth-order valence-corrected chi connectivity index (χ4v) is 1.81. The molecule has 1 rings (SSSR count). The molecule has 1 aliphatic rings. The Morgan fingerprint density at radius 3 is 2.57 bits per heavy atom. The zero-order valence-corrected chi connectivity index (χ0v) is 9.12. The second-order valence-electron chi connectivity index (χ2n) is 4.09. The van der Waals surface area contributed by atoms with E-state index in [4.69, 9.17) is 15.9 Å². The fraction of sp³-hybridized carbons (Fsp3) is 0.900. The number of hydrogen-bond acceptors (Lipinski definition) is 3. The predicted molar refractivity (Wildman–Crippen MR) is 57.5 cm³/mol. The maximum atomic E-state index is 7.32. The van der Waals surface area contributed by atoms with Crippen LogP contribution in [0, 0.1) is 11.3 Å². The number of piperidine rings is 1. The smallest absolute Gasteiger partial charge is 0.0947 e. The van der Waals surface area contributed by atoms with E-state index in [0.29, 0.717) is 11.9 Å². The third-order valence-electron chi connectivity index (χ3n) is 2.93. The summed E-state index contributed by atoms with van der Waals surface area (Å²) in [4.78, 5) is 2.36. The highest BCUT2D eigenvalue weighted by Gasteiger charge is 2.20. The van der Waals surface area contributed by atoms with Gasteiger partial charge in [0.2, 0.25) is 0 Å². The first kappa shape index (κ1) is 11.5. The fourth-order valence-electron chi connectivity index (χ4n) is 1.81. The van der Waals surface area contributed by atoms with Gasteiger partial charge >= 0.3 is 0 Å². The molecule has 0 aromatic rings. The Morgan fingerprint density at radius 1 is 1.57 bits per heavy atom. The lowest BCUT2D eigenvalue weighted by molar-refractivity contribution is 0.0394. The van der Waals surface area contributed by atoms with Gasteiger partial charge in [-0.3, -0.25) is 5.41 Å². The van der Waals surface area contributed by atoms with E-state index in [1.807, 2.05) is 6.92 Å². The largest absolute Gasteiger partial charge is 0.387 e. The standard InChI is InChI=1S/C10H21N3O/c1-8(10(11)12)7-13-5-3-9(14-2)4-6-13/h8-9H,3-7H2,1-2H3,(H3,11,12). The molecular formula is C10H21N3O. The van der Waals surface area contributed by atoms with Crippen LogP contribution in [-0.2, 0) is 4.74 Å². The van der Waals surface area contributed by atoms with Crippen LogP contribution in [0.4, 0.5) is 0 Å². The van der Waals surface area contributed by atoms with Crippen LogP contribution in [0.5, 0.6) is 0 Å². The SMILES string of the molecule is COC1CCN(CC(C)C(=N)N)CC1. The Labute approximate surface area is 85.9 Å². The summed E-state index contributed by atoms with van der Waals surface area (Å²) in [6.07, 6.45) is 2.63. The third-order valence-corrected chi connectivity index (χ3v) is 2.93. The molecule has 3 N–H and O–H groups in total. The van der Waals surface area contributed by atoms with Gasteiger partial charge in [0.1, 0.15) is 0 Å². The number of ether oxygens (including phenoxy) is 1. The molecule has 0 amide bonds. The summed E-state index contributed by atoms with van der Waals surface area (Å²) in [6, 6.07) is 0. The Bertz CT molecular complexity index is 188. The molecule has 1 fully saturated rings. The van der Waals surface area contributed by atoms with Crippen molar-refractivity contribution in [2.45, 2.75) is 25.9 Å². The number of rotatable bonds is 4. The van der Waals surface area contributed by atoms with E-state index in [1.165, 1.54) is 0 Å². The van der Waals surface area contributed by atoms with E-state index in [-0.39, 0.29) is 5.92 Å². The molecule has 1 unspecified atom stereocenters. The molecule has 0 aromatic heterocycles. The zero-order valence-electron chi connectivity index (χ0n) is 9.12. The van der Waals surface area contributed by atoms with Crippen LogP contribution >= 0.6 is 0 Å². The molecule has 0 radical (unpaired) electrons. The maximum absolute atomic E-state index is 7.32. The van der Waals surface area contributed by atoms with Crippen molar-refractivity contribution < 1.29 is 4.74 Å². The zero-order chi connectivity index (χ0) is 10.6. The van der Waals surface area contributed by atoms with Crippen molar-refractivity contribution in [1.82, 2.24) is 4.90 Å². The molecule has 1 heterocycles. The molecule has 0 aromatic carbocycles. The van der Waals surface area contributed by atoms with E-state index in [1.54, 1.807) is 7.11 Å². The molecule has 4 heteroatoms. The minimum Gasteiger partial charge on any atom is -0.387 e. The highest BCUT2D eigenvalue weighted by molar-refractivity contribution is 5.79. The van der Waals surface area contributed by atoms with Crippen LogP contribution in [-0.4, -0.2) is 43.6 Å². The van der Waals surface area contributed by atoms with Gasteiger partial charge in [0.25, 0.3) is 0 Å². The van der Waals surface area contributed by atoms with Crippen molar-refractivity contribution >= 4 is 5.84 Å². The number of methoxy groups -OCH3 is 1. The van der Waals surface area contributed by atoms with Gasteiger partial charge in [-0.1, -0.05) is 6.92 Å². The van der Waals surface area contributed by atoms with Crippen molar-refractivity contribution in [2.24, 2.45) is 11.7 Å². The minimum atomic E-state index is 0.175. The van der Waals surface area contributed by atoms with Crippen LogP contribution in [0.3, 0.4) is 0 Å². The van der Waals surface area contributed by atoms with Crippen LogP contribution in [0.2, 0.25) is 0 Å². The molecular weight excluding hydrogens is 178 g/mol. The van der Waals surface area contributed by atoms with E-state index in [0.717, 1.165) is 32.5 Å². The highest BCUT2D eigenvalue weighted by Crippen LogP contribution is 2.13. The first-order valence-electron chi connectivity index (χ1n) is 5.22.